The van der Waals surface area contributed by atoms with Crippen LogP contribution < -0.4 is 9.64 Å². The van der Waals surface area contributed by atoms with Crippen molar-refractivity contribution in [1.82, 2.24) is 4.90 Å². The number of ether oxygens (including phenoxy) is 1. The fraction of sp³-hybridized carbons (Fsp3) is 0.600. The van der Waals surface area contributed by atoms with Crippen molar-refractivity contribution in [3.8, 4) is 5.75 Å². The first kappa shape index (κ1) is 14.5. The van der Waals surface area contributed by atoms with E-state index in [4.69, 9.17) is 16.3 Å². The van der Waals surface area contributed by atoms with Crippen molar-refractivity contribution in [1.29, 1.82) is 0 Å². The van der Waals surface area contributed by atoms with E-state index in [1.807, 2.05) is 18.2 Å². The van der Waals surface area contributed by atoms with Crippen molar-refractivity contribution in [2.45, 2.75) is 26.3 Å². The highest BCUT2D eigenvalue weighted by molar-refractivity contribution is 6.30. The Hall–Kier alpha value is -0.930. The maximum absolute atomic E-state index is 6.10. The molecule has 0 N–H and O–H groups in total. The average Bonchev–Trinajstić information content (AvgIpc) is 2.38. The SMILES string of the molecule is COc1ccc(Cl)cc1N1CCN(C(C)(C)C)CC1. The van der Waals surface area contributed by atoms with Crippen LogP contribution in [0.3, 0.4) is 0 Å². The van der Waals surface area contributed by atoms with E-state index < -0.39 is 0 Å². The number of rotatable bonds is 2. The van der Waals surface area contributed by atoms with Crippen molar-refractivity contribution in [2.75, 3.05) is 38.2 Å². The molecule has 0 aromatic heterocycles. The Balaban J connectivity index is 2.11. The van der Waals surface area contributed by atoms with E-state index in [-0.39, 0.29) is 5.54 Å². The minimum absolute atomic E-state index is 0.241. The van der Waals surface area contributed by atoms with Gasteiger partial charge in [0.05, 0.1) is 12.8 Å². The zero-order valence-corrected chi connectivity index (χ0v) is 13.0. The monoisotopic (exact) mass is 282 g/mol. The maximum atomic E-state index is 6.10. The summed E-state index contributed by atoms with van der Waals surface area (Å²) < 4.78 is 5.43. The van der Waals surface area contributed by atoms with Gasteiger partial charge in [0.15, 0.2) is 0 Å². The number of piperazine rings is 1. The molecule has 1 fully saturated rings. The van der Waals surface area contributed by atoms with Crippen LogP contribution in [0.1, 0.15) is 20.8 Å². The molecule has 4 heteroatoms. The number of benzene rings is 1. The minimum Gasteiger partial charge on any atom is -0.495 e. The minimum atomic E-state index is 0.241. The molecule has 1 aliphatic heterocycles. The third-order valence-corrected chi connectivity index (χ3v) is 3.95. The Morgan fingerprint density at radius 3 is 2.26 bits per heavy atom. The fourth-order valence-corrected chi connectivity index (χ4v) is 2.69. The lowest BCUT2D eigenvalue weighted by Gasteiger charge is -2.43. The van der Waals surface area contributed by atoms with Gasteiger partial charge in [0.25, 0.3) is 0 Å². The van der Waals surface area contributed by atoms with Gasteiger partial charge in [-0.3, -0.25) is 4.90 Å². The molecule has 0 atom stereocenters. The highest BCUT2D eigenvalue weighted by Gasteiger charge is 2.26. The van der Waals surface area contributed by atoms with Crippen LogP contribution in [0, 0.1) is 0 Å². The second kappa shape index (κ2) is 5.59. The van der Waals surface area contributed by atoms with Crippen LogP contribution in [-0.2, 0) is 0 Å². The first-order chi connectivity index (χ1) is 8.91. The lowest BCUT2D eigenvalue weighted by Crippen LogP contribution is -2.53. The van der Waals surface area contributed by atoms with Gasteiger partial charge in [-0.15, -0.1) is 0 Å². The van der Waals surface area contributed by atoms with Gasteiger partial charge in [-0.1, -0.05) is 11.6 Å². The van der Waals surface area contributed by atoms with Gasteiger partial charge in [0.2, 0.25) is 0 Å². The first-order valence-electron chi connectivity index (χ1n) is 6.75. The van der Waals surface area contributed by atoms with E-state index in [9.17, 15) is 0 Å². The summed E-state index contributed by atoms with van der Waals surface area (Å²) in [5.74, 6) is 0.897. The number of halogens is 1. The summed E-state index contributed by atoms with van der Waals surface area (Å²) in [6.45, 7) is 11.0. The van der Waals surface area contributed by atoms with E-state index in [0.717, 1.165) is 42.6 Å². The number of hydrogen-bond acceptors (Lipinski definition) is 3. The second-order valence-electron chi connectivity index (χ2n) is 5.96. The van der Waals surface area contributed by atoms with Crippen LogP contribution in [0.15, 0.2) is 18.2 Å². The molecule has 0 radical (unpaired) electrons. The molecular weight excluding hydrogens is 260 g/mol. The molecule has 3 nitrogen and oxygen atoms in total. The molecule has 0 unspecified atom stereocenters. The van der Waals surface area contributed by atoms with Crippen molar-refractivity contribution in [3.05, 3.63) is 23.2 Å². The molecule has 106 valence electrons. The van der Waals surface area contributed by atoms with Crippen LogP contribution in [0.2, 0.25) is 5.02 Å². The lowest BCUT2D eigenvalue weighted by molar-refractivity contribution is 0.128. The standard InChI is InChI=1S/C15H23ClN2O/c1-15(2,3)18-9-7-17(8-10-18)13-11-12(16)5-6-14(13)19-4/h5-6,11H,7-10H2,1-4H3. The van der Waals surface area contributed by atoms with Crippen molar-refractivity contribution >= 4 is 17.3 Å². The molecule has 0 bridgehead atoms. The van der Waals surface area contributed by atoms with Crippen LogP contribution in [-0.4, -0.2) is 43.7 Å². The molecule has 0 saturated carbocycles. The number of anilines is 1. The van der Waals surface area contributed by atoms with Gasteiger partial charge in [-0.2, -0.15) is 0 Å². The van der Waals surface area contributed by atoms with Gasteiger partial charge in [-0.25, -0.2) is 0 Å². The van der Waals surface area contributed by atoms with Gasteiger partial charge < -0.3 is 9.64 Å². The fourth-order valence-electron chi connectivity index (χ4n) is 2.53. The third-order valence-electron chi connectivity index (χ3n) is 3.71. The highest BCUT2D eigenvalue weighted by Crippen LogP contribution is 2.32. The summed E-state index contributed by atoms with van der Waals surface area (Å²) in [4.78, 5) is 4.87. The van der Waals surface area contributed by atoms with Gasteiger partial charge in [0.1, 0.15) is 5.75 Å². The third kappa shape index (κ3) is 3.34. The first-order valence-corrected chi connectivity index (χ1v) is 7.13. The van der Waals surface area contributed by atoms with Gasteiger partial charge in [0, 0.05) is 36.7 Å². The Kier molecular flexibility index (Phi) is 4.26. The summed E-state index contributed by atoms with van der Waals surface area (Å²) in [5, 5.41) is 0.758. The molecule has 1 aromatic rings. The molecule has 1 heterocycles. The molecule has 1 aliphatic rings. The molecule has 1 saturated heterocycles. The number of nitrogens with zero attached hydrogens (tertiary/aromatic N) is 2. The Morgan fingerprint density at radius 1 is 1.11 bits per heavy atom. The van der Waals surface area contributed by atoms with Gasteiger partial charge in [-0.05, 0) is 39.0 Å². The molecule has 2 rings (SSSR count). The molecule has 0 spiro atoms. The molecule has 0 amide bonds. The maximum Gasteiger partial charge on any atom is 0.142 e. The Labute approximate surface area is 121 Å². The largest absolute Gasteiger partial charge is 0.495 e. The molecule has 19 heavy (non-hydrogen) atoms. The Bertz CT molecular complexity index is 434. The second-order valence-corrected chi connectivity index (χ2v) is 6.40. The number of hydrogen-bond donors (Lipinski definition) is 0. The Morgan fingerprint density at radius 2 is 1.74 bits per heavy atom. The molecular formula is C15H23ClN2O. The van der Waals surface area contributed by atoms with Crippen LogP contribution in [0.5, 0.6) is 5.75 Å². The summed E-state index contributed by atoms with van der Waals surface area (Å²) in [7, 11) is 1.71. The van der Waals surface area contributed by atoms with Gasteiger partial charge >= 0.3 is 0 Å². The quantitative estimate of drug-likeness (QED) is 0.828. The van der Waals surface area contributed by atoms with E-state index in [0.29, 0.717) is 0 Å². The predicted octanol–water partition coefficient (Wildman–Crippen LogP) is 3.27. The van der Waals surface area contributed by atoms with E-state index in [1.54, 1.807) is 7.11 Å². The number of methoxy groups -OCH3 is 1. The topological polar surface area (TPSA) is 15.7 Å². The predicted molar refractivity (Wildman–Crippen MR) is 81.5 cm³/mol. The summed E-state index contributed by atoms with van der Waals surface area (Å²) in [6.07, 6.45) is 0. The lowest BCUT2D eigenvalue weighted by atomic mass is 10.0. The zero-order valence-electron chi connectivity index (χ0n) is 12.2. The molecule has 0 aliphatic carbocycles. The smallest absolute Gasteiger partial charge is 0.142 e. The van der Waals surface area contributed by atoms with Crippen LogP contribution in [0.25, 0.3) is 0 Å². The normalized spacial score (nSPS) is 17.6. The van der Waals surface area contributed by atoms with Crippen LogP contribution >= 0.6 is 11.6 Å². The average molecular weight is 283 g/mol. The van der Waals surface area contributed by atoms with Crippen LogP contribution in [0.4, 0.5) is 5.69 Å². The molecule has 1 aromatic carbocycles. The van der Waals surface area contributed by atoms with Crippen molar-refractivity contribution in [3.63, 3.8) is 0 Å². The zero-order chi connectivity index (χ0) is 14.0. The summed E-state index contributed by atoms with van der Waals surface area (Å²) >= 11 is 6.10. The summed E-state index contributed by atoms with van der Waals surface area (Å²) in [6, 6.07) is 5.80. The van der Waals surface area contributed by atoms with Crippen molar-refractivity contribution < 1.29 is 4.74 Å². The van der Waals surface area contributed by atoms with E-state index in [2.05, 4.69) is 30.6 Å². The summed E-state index contributed by atoms with van der Waals surface area (Å²) in [5.41, 5.74) is 1.34. The highest BCUT2D eigenvalue weighted by atomic mass is 35.5. The van der Waals surface area contributed by atoms with Crippen molar-refractivity contribution in [2.24, 2.45) is 0 Å². The van der Waals surface area contributed by atoms with E-state index >= 15 is 0 Å². The van der Waals surface area contributed by atoms with E-state index in [1.165, 1.54) is 0 Å².